The van der Waals surface area contributed by atoms with E-state index in [0.717, 1.165) is 30.3 Å². The Kier molecular flexibility index (Phi) is 3.30. The Morgan fingerprint density at radius 2 is 2.44 bits per heavy atom. The van der Waals surface area contributed by atoms with E-state index in [0.29, 0.717) is 6.04 Å². The third-order valence-corrected chi connectivity index (χ3v) is 4.04. The van der Waals surface area contributed by atoms with Crippen LogP contribution in [0.4, 0.5) is 0 Å². The summed E-state index contributed by atoms with van der Waals surface area (Å²) in [4.78, 5) is 4.28. The van der Waals surface area contributed by atoms with Gasteiger partial charge in [-0.25, -0.2) is 4.98 Å². The molecule has 3 nitrogen and oxygen atoms in total. The van der Waals surface area contributed by atoms with Crippen molar-refractivity contribution in [3.05, 3.63) is 45.9 Å². The van der Waals surface area contributed by atoms with Crippen molar-refractivity contribution in [3.8, 4) is 5.75 Å². The smallest absolute Gasteiger partial charge is 0.122 e. The number of aromatic nitrogens is 1. The maximum absolute atomic E-state index is 5.52. The lowest BCUT2D eigenvalue weighted by molar-refractivity contribution is 0.356. The van der Waals surface area contributed by atoms with Crippen molar-refractivity contribution in [2.45, 2.75) is 25.9 Å². The predicted octanol–water partition coefficient (Wildman–Crippen LogP) is 2.93. The minimum Gasteiger partial charge on any atom is -0.493 e. The first-order valence-corrected chi connectivity index (χ1v) is 7.08. The number of hydrogen-bond donors (Lipinski definition) is 1. The van der Waals surface area contributed by atoms with Crippen LogP contribution in [0.25, 0.3) is 0 Å². The standard InChI is InChI=1S/C14H16N2OS/c1-10(16-9-14-15-5-7-18-14)11-2-3-13-12(8-11)4-6-17-13/h2-3,5,7-8,10,16H,4,6,9H2,1H3. The van der Waals surface area contributed by atoms with Gasteiger partial charge in [-0.2, -0.15) is 0 Å². The second-order valence-electron chi connectivity index (χ2n) is 4.49. The highest BCUT2D eigenvalue weighted by molar-refractivity contribution is 7.09. The molecular formula is C14H16N2OS. The fourth-order valence-corrected chi connectivity index (χ4v) is 2.74. The quantitative estimate of drug-likeness (QED) is 0.917. The molecule has 1 aromatic carbocycles. The summed E-state index contributed by atoms with van der Waals surface area (Å²) < 4.78 is 5.52. The molecule has 0 saturated heterocycles. The lowest BCUT2D eigenvalue weighted by Gasteiger charge is -2.14. The van der Waals surface area contributed by atoms with Gasteiger partial charge < -0.3 is 10.1 Å². The van der Waals surface area contributed by atoms with Crippen LogP contribution in [-0.2, 0) is 13.0 Å². The molecule has 3 rings (SSSR count). The van der Waals surface area contributed by atoms with Gasteiger partial charge in [-0.3, -0.25) is 0 Å². The first kappa shape index (κ1) is 11.7. The van der Waals surface area contributed by atoms with Gasteiger partial charge in [0.25, 0.3) is 0 Å². The normalized spacial score (nSPS) is 15.2. The van der Waals surface area contributed by atoms with Gasteiger partial charge in [-0.05, 0) is 24.1 Å². The minimum absolute atomic E-state index is 0.333. The molecule has 0 radical (unpaired) electrons. The van der Waals surface area contributed by atoms with Crippen molar-refractivity contribution < 1.29 is 4.74 Å². The maximum atomic E-state index is 5.52. The van der Waals surface area contributed by atoms with Crippen LogP contribution in [0, 0.1) is 0 Å². The van der Waals surface area contributed by atoms with E-state index >= 15 is 0 Å². The van der Waals surface area contributed by atoms with Gasteiger partial charge in [0, 0.05) is 30.6 Å². The van der Waals surface area contributed by atoms with Crippen LogP contribution in [0.5, 0.6) is 5.75 Å². The Labute approximate surface area is 111 Å². The molecule has 2 aromatic rings. The van der Waals surface area contributed by atoms with Crippen LogP contribution in [0.15, 0.2) is 29.8 Å². The molecule has 1 unspecified atom stereocenters. The van der Waals surface area contributed by atoms with Crippen molar-refractivity contribution in [1.29, 1.82) is 0 Å². The van der Waals surface area contributed by atoms with Crippen LogP contribution in [0.1, 0.15) is 29.1 Å². The Hall–Kier alpha value is -1.39. The van der Waals surface area contributed by atoms with E-state index in [1.165, 1.54) is 11.1 Å². The lowest BCUT2D eigenvalue weighted by atomic mass is 10.0. The topological polar surface area (TPSA) is 34.2 Å². The van der Waals surface area contributed by atoms with Crippen LogP contribution in [0.3, 0.4) is 0 Å². The molecule has 4 heteroatoms. The Morgan fingerprint density at radius 1 is 1.50 bits per heavy atom. The average Bonchev–Trinajstić information content (AvgIpc) is 3.05. The van der Waals surface area contributed by atoms with Gasteiger partial charge >= 0.3 is 0 Å². The molecule has 2 heterocycles. The van der Waals surface area contributed by atoms with Gasteiger partial charge in [-0.1, -0.05) is 12.1 Å². The van der Waals surface area contributed by atoms with Crippen LogP contribution < -0.4 is 10.1 Å². The first-order chi connectivity index (χ1) is 8.83. The van der Waals surface area contributed by atoms with E-state index in [4.69, 9.17) is 4.74 Å². The predicted molar refractivity (Wildman–Crippen MR) is 73.0 cm³/mol. The van der Waals surface area contributed by atoms with Crippen molar-refractivity contribution in [2.75, 3.05) is 6.61 Å². The molecule has 1 N–H and O–H groups in total. The van der Waals surface area contributed by atoms with Crippen molar-refractivity contribution >= 4 is 11.3 Å². The molecule has 0 bridgehead atoms. The van der Waals surface area contributed by atoms with Gasteiger partial charge in [0.2, 0.25) is 0 Å². The van der Waals surface area contributed by atoms with Gasteiger partial charge in [0.1, 0.15) is 10.8 Å². The average molecular weight is 260 g/mol. The molecule has 0 spiro atoms. The van der Waals surface area contributed by atoms with E-state index in [9.17, 15) is 0 Å². The fraction of sp³-hybridized carbons (Fsp3) is 0.357. The zero-order chi connectivity index (χ0) is 12.4. The van der Waals surface area contributed by atoms with Gasteiger partial charge in [0.05, 0.1) is 6.61 Å². The Balaban J connectivity index is 1.67. The van der Waals surface area contributed by atoms with E-state index in [-0.39, 0.29) is 0 Å². The zero-order valence-corrected chi connectivity index (χ0v) is 11.2. The minimum atomic E-state index is 0.333. The molecular weight excluding hydrogens is 244 g/mol. The van der Waals surface area contributed by atoms with Crippen molar-refractivity contribution in [3.63, 3.8) is 0 Å². The second-order valence-corrected chi connectivity index (χ2v) is 5.47. The van der Waals surface area contributed by atoms with E-state index in [1.54, 1.807) is 11.3 Å². The number of nitrogens with zero attached hydrogens (tertiary/aromatic N) is 1. The largest absolute Gasteiger partial charge is 0.493 e. The number of hydrogen-bond acceptors (Lipinski definition) is 4. The summed E-state index contributed by atoms with van der Waals surface area (Å²) in [6.07, 6.45) is 2.88. The van der Waals surface area contributed by atoms with Crippen molar-refractivity contribution in [2.24, 2.45) is 0 Å². The highest BCUT2D eigenvalue weighted by Gasteiger charge is 2.14. The highest BCUT2D eigenvalue weighted by Crippen LogP contribution is 2.28. The van der Waals surface area contributed by atoms with Crippen LogP contribution in [-0.4, -0.2) is 11.6 Å². The summed E-state index contributed by atoms with van der Waals surface area (Å²) >= 11 is 1.69. The number of nitrogens with one attached hydrogen (secondary N) is 1. The monoisotopic (exact) mass is 260 g/mol. The number of ether oxygens (including phenoxy) is 1. The number of thiazole rings is 1. The molecule has 1 aromatic heterocycles. The summed E-state index contributed by atoms with van der Waals surface area (Å²) in [5.74, 6) is 1.05. The molecule has 0 amide bonds. The second kappa shape index (κ2) is 5.08. The summed E-state index contributed by atoms with van der Waals surface area (Å²) in [5, 5.41) is 6.64. The third-order valence-electron chi connectivity index (χ3n) is 3.26. The van der Waals surface area contributed by atoms with Crippen LogP contribution in [0.2, 0.25) is 0 Å². The first-order valence-electron chi connectivity index (χ1n) is 6.20. The number of fused-ring (bicyclic) bond motifs is 1. The van der Waals surface area contributed by atoms with E-state index in [1.807, 2.05) is 11.6 Å². The SMILES string of the molecule is CC(NCc1nccs1)c1ccc2c(c1)CCO2. The molecule has 1 atom stereocenters. The fourth-order valence-electron chi connectivity index (χ4n) is 2.17. The van der Waals surface area contributed by atoms with E-state index in [2.05, 4.69) is 35.4 Å². The van der Waals surface area contributed by atoms with Gasteiger partial charge in [-0.15, -0.1) is 11.3 Å². The molecule has 0 fully saturated rings. The maximum Gasteiger partial charge on any atom is 0.122 e. The molecule has 18 heavy (non-hydrogen) atoms. The zero-order valence-electron chi connectivity index (χ0n) is 10.3. The lowest BCUT2D eigenvalue weighted by Crippen LogP contribution is -2.18. The summed E-state index contributed by atoms with van der Waals surface area (Å²) in [6.45, 7) is 3.83. The third kappa shape index (κ3) is 2.40. The number of benzene rings is 1. The summed E-state index contributed by atoms with van der Waals surface area (Å²) in [5.41, 5.74) is 2.64. The Bertz CT molecular complexity index is 525. The van der Waals surface area contributed by atoms with Gasteiger partial charge in [0.15, 0.2) is 0 Å². The van der Waals surface area contributed by atoms with Crippen molar-refractivity contribution in [1.82, 2.24) is 10.3 Å². The van der Waals surface area contributed by atoms with Crippen LogP contribution >= 0.6 is 11.3 Å². The van der Waals surface area contributed by atoms with E-state index < -0.39 is 0 Å². The summed E-state index contributed by atoms with van der Waals surface area (Å²) in [6, 6.07) is 6.81. The molecule has 0 saturated carbocycles. The molecule has 1 aliphatic rings. The highest BCUT2D eigenvalue weighted by atomic mass is 32.1. The molecule has 94 valence electrons. The Morgan fingerprint density at radius 3 is 3.28 bits per heavy atom. The summed E-state index contributed by atoms with van der Waals surface area (Å²) in [7, 11) is 0. The number of rotatable bonds is 4. The molecule has 0 aliphatic carbocycles. The molecule has 1 aliphatic heterocycles.